The van der Waals surface area contributed by atoms with Crippen molar-refractivity contribution in [2.24, 2.45) is 0 Å². The van der Waals surface area contributed by atoms with Gasteiger partial charge in [0.2, 0.25) is 0 Å². The fourth-order valence-corrected chi connectivity index (χ4v) is 3.49. The van der Waals surface area contributed by atoms with Crippen LogP contribution in [0, 0.1) is 0 Å². The average molecular weight is 306 g/mol. The Bertz CT molecular complexity index is 659. The van der Waals surface area contributed by atoms with E-state index in [0.717, 1.165) is 15.2 Å². The zero-order valence-electron chi connectivity index (χ0n) is 10.1. The SMILES string of the molecule is O=C(O)C(=O)C=C(O)c1ccsc1Sc1ccccc1. The molecule has 2 aromatic rings. The van der Waals surface area contributed by atoms with Gasteiger partial charge in [0.15, 0.2) is 0 Å². The van der Waals surface area contributed by atoms with Crippen molar-refractivity contribution in [2.75, 3.05) is 0 Å². The van der Waals surface area contributed by atoms with Crippen LogP contribution in [-0.4, -0.2) is 22.0 Å². The molecule has 0 unspecified atom stereocenters. The van der Waals surface area contributed by atoms with Gasteiger partial charge in [-0.2, -0.15) is 0 Å². The zero-order chi connectivity index (χ0) is 14.5. The van der Waals surface area contributed by atoms with Crippen molar-refractivity contribution in [3.05, 3.63) is 53.4 Å². The summed E-state index contributed by atoms with van der Waals surface area (Å²) in [5.41, 5.74) is 0.457. The van der Waals surface area contributed by atoms with Crippen LogP contribution in [0.25, 0.3) is 5.76 Å². The molecule has 6 heteroatoms. The molecule has 0 fully saturated rings. The molecule has 20 heavy (non-hydrogen) atoms. The molecule has 0 spiro atoms. The zero-order valence-corrected chi connectivity index (χ0v) is 11.8. The number of hydrogen-bond acceptors (Lipinski definition) is 5. The van der Waals surface area contributed by atoms with Gasteiger partial charge in [0.25, 0.3) is 5.78 Å². The van der Waals surface area contributed by atoms with E-state index < -0.39 is 11.8 Å². The Morgan fingerprint density at radius 1 is 1.10 bits per heavy atom. The summed E-state index contributed by atoms with van der Waals surface area (Å²) in [6, 6.07) is 11.2. The monoisotopic (exact) mass is 306 g/mol. The fraction of sp³-hybridized carbons (Fsp3) is 0. The molecule has 102 valence electrons. The summed E-state index contributed by atoms with van der Waals surface area (Å²) >= 11 is 2.86. The van der Waals surface area contributed by atoms with E-state index in [9.17, 15) is 14.7 Å². The minimum absolute atomic E-state index is 0.336. The van der Waals surface area contributed by atoms with Gasteiger partial charge in [0.05, 0.1) is 4.21 Å². The van der Waals surface area contributed by atoms with Crippen molar-refractivity contribution in [2.45, 2.75) is 9.10 Å². The lowest BCUT2D eigenvalue weighted by Crippen LogP contribution is -2.09. The Morgan fingerprint density at radius 3 is 2.45 bits per heavy atom. The highest BCUT2D eigenvalue weighted by Gasteiger charge is 2.14. The number of aliphatic carboxylic acids is 1. The van der Waals surface area contributed by atoms with E-state index in [1.165, 1.54) is 23.1 Å². The van der Waals surface area contributed by atoms with Crippen LogP contribution in [0.3, 0.4) is 0 Å². The lowest BCUT2D eigenvalue weighted by atomic mass is 10.2. The molecule has 1 heterocycles. The molecule has 0 radical (unpaired) electrons. The third-order valence-electron chi connectivity index (χ3n) is 2.34. The maximum atomic E-state index is 11.1. The van der Waals surface area contributed by atoms with Crippen molar-refractivity contribution in [3.8, 4) is 0 Å². The quantitative estimate of drug-likeness (QED) is 0.503. The minimum Gasteiger partial charge on any atom is -0.507 e. The van der Waals surface area contributed by atoms with E-state index in [1.807, 2.05) is 30.3 Å². The maximum absolute atomic E-state index is 11.1. The minimum atomic E-state index is -1.59. The van der Waals surface area contributed by atoms with Crippen molar-refractivity contribution < 1.29 is 19.8 Å². The second-order valence-electron chi connectivity index (χ2n) is 3.74. The van der Waals surface area contributed by atoms with Crippen LogP contribution in [0.15, 0.2) is 57.0 Å². The summed E-state index contributed by atoms with van der Waals surface area (Å²) in [5, 5.41) is 20.2. The molecule has 0 amide bonds. The lowest BCUT2D eigenvalue weighted by molar-refractivity contribution is -0.146. The van der Waals surface area contributed by atoms with Crippen LogP contribution in [0.4, 0.5) is 0 Å². The molecule has 2 N–H and O–H groups in total. The number of carboxylic acid groups (broad SMARTS) is 1. The van der Waals surface area contributed by atoms with Gasteiger partial charge in [0.1, 0.15) is 5.76 Å². The smallest absolute Gasteiger partial charge is 0.376 e. The van der Waals surface area contributed by atoms with Crippen LogP contribution < -0.4 is 0 Å². The van der Waals surface area contributed by atoms with E-state index in [-0.39, 0.29) is 5.76 Å². The molecular formula is C14H10O4S2. The Kier molecular flexibility index (Phi) is 4.60. The summed E-state index contributed by atoms with van der Waals surface area (Å²) in [4.78, 5) is 22.5. The molecule has 1 aromatic carbocycles. The molecular weight excluding hydrogens is 296 g/mol. The van der Waals surface area contributed by atoms with Crippen molar-refractivity contribution in [1.29, 1.82) is 0 Å². The number of rotatable bonds is 5. The number of carbonyl (C=O) groups excluding carboxylic acids is 1. The molecule has 0 saturated heterocycles. The highest BCUT2D eigenvalue weighted by Crippen LogP contribution is 2.37. The lowest BCUT2D eigenvalue weighted by Gasteiger charge is -2.02. The molecule has 0 saturated carbocycles. The van der Waals surface area contributed by atoms with Gasteiger partial charge in [-0.3, -0.25) is 4.79 Å². The van der Waals surface area contributed by atoms with Crippen molar-refractivity contribution in [1.82, 2.24) is 0 Å². The Hall–Kier alpha value is -2.05. The number of aliphatic hydroxyl groups excluding tert-OH is 1. The maximum Gasteiger partial charge on any atom is 0.376 e. The number of carboxylic acids is 1. The molecule has 1 aromatic heterocycles. The third kappa shape index (κ3) is 3.49. The van der Waals surface area contributed by atoms with Gasteiger partial charge in [-0.05, 0) is 23.6 Å². The third-order valence-corrected chi connectivity index (χ3v) is 4.50. The largest absolute Gasteiger partial charge is 0.507 e. The normalized spacial score (nSPS) is 11.3. The highest BCUT2D eigenvalue weighted by molar-refractivity contribution is 8.01. The number of benzene rings is 1. The first kappa shape index (κ1) is 14.4. The van der Waals surface area contributed by atoms with Crippen LogP contribution >= 0.6 is 23.1 Å². The van der Waals surface area contributed by atoms with Crippen molar-refractivity contribution >= 4 is 40.6 Å². The second kappa shape index (κ2) is 6.40. The van der Waals surface area contributed by atoms with Crippen LogP contribution in [0.2, 0.25) is 0 Å². The second-order valence-corrected chi connectivity index (χ2v) is 5.99. The van der Waals surface area contributed by atoms with Gasteiger partial charge in [-0.15, -0.1) is 11.3 Å². The van der Waals surface area contributed by atoms with E-state index >= 15 is 0 Å². The molecule has 0 atom stereocenters. The van der Waals surface area contributed by atoms with Gasteiger partial charge in [-0.25, -0.2) is 4.79 Å². The summed E-state index contributed by atoms with van der Waals surface area (Å²) < 4.78 is 0.795. The fourth-order valence-electron chi connectivity index (χ4n) is 1.42. The molecule has 0 bridgehead atoms. The number of thiophene rings is 1. The predicted octanol–water partition coefficient (Wildman–Crippen LogP) is 3.45. The van der Waals surface area contributed by atoms with Gasteiger partial charge in [0, 0.05) is 16.5 Å². The highest BCUT2D eigenvalue weighted by atomic mass is 32.2. The van der Waals surface area contributed by atoms with Crippen molar-refractivity contribution in [3.63, 3.8) is 0 Å². The Morgan fingerprint density at radius 2 is 1.80 bits per heavy atom. The van der Waals surface area contributed by atoms with E-state index in [4.69, 9.17) is 5.11 Å². The molecule has 4 nitrogen and oxygen atoms in total. The van der Waals surface area contributed by atoms with E-state index in [0.29, 0.717) is 5.56 Å². The van der Waals surface area contributed by atoms with Crippen LogP contribution in [0.5, 0.6) is 0 Å². The number of carbonyl (C=O) groups is 2. The molecule has 0 aliphatic rings. The molecule has 0 aliphatic heterocycles. The standard InChI is InChI=1S/C14H10O4S2/c15-11(8-12(16)13(17)18)10-6-7-19-14(10)20-9-4-2-1-3-5-9/h1-8,15H,(H,17,18). The van der Waals surface area contributed by atoms with Gasteiger partial charge >= 0.3 is 5.97 Å². The van der Waals surface area contributed by atoms with Gasteiger partial charge in [-0.1, -0.05) is 30.0 Å². The van der Waals surface area contributed by atoms with E-state index in [2.05, 4.69) is 0 Å². The summed E-state index contributed by atoms with van der Waals surface area (Å²) in [6.45, 7) is 0. The van der Waals surface area contributed by atoms with E-state index in [1.54, 1.807) is 11.4 Å². The first-order valence-electron chi connectivity index (χ1n) is 5.56. The first-order valence-corrected chi connectivity index (χ1v) is 7.26. The Balaban J connectivity index is 2.25. The van der Waals surface area contributed by atoms with Crippen LogP contribution in [-0.2, 0) is 9.59 Å². The number of aliphatic hydroxyl groups is 1. The van der Waals surface area contributed by atoms with Crippen LogP contribution in [0.1, 0.15) is 5.56 Å². The Labute approximate surface area is 123 Å². The van der Waals surface area contributed by atoms with Gasteiger partial charge < -0.3 is 10.2 Å². The summed E-state index contributed by atoms with van der Waals surface area (Å²) in [6.07, 6.45) is 0.722. The number of ketones is 1. The number of hydrogen-bond donors (Lipinski definition) is 2. The first-order chi connectivity index (χ1) is 9.58. The predicted molar refractivity (Wildman–Crippen MR) is 78.1 cm³/mol. The average Bonchev–Trinajstić information content (AvgIpc) is 2.88. The molecule has 0 aliphatic carbocycles. The topological polar surface area (TPSA) is 74.6 Å². The summed E-state index contributed by atoms with van der Waals surface area (Å²) in [7, 11) is 0. The summed E-state index contributed by atoms with van der Waals surface area (Å²) in [5.74, 6) is -3.08. The molecule has 2 rings (SSSR count).